The van der Waals surface area contributed by atoms with E-state index in [2.05, 4.69) is 15.2 Å². The first-order valence-corrected chi connectivity index (χ1v) is 6.24. The summed E-state index contributed by atoms with van der Waals surface area (Å²) in [6.07, 6.45) is 3.61. The fraction of sp³-hybridized carbons (Fsp3) is 0.0667. The van der Waals surface area contributed by atoms with Crippen LogP contribution in [0.15, 0.2) is 42.7 Å². The molecule has 5 nitrogen and oxygen atoms in total. The molecule has 100 valence electrons. The molecule has 1 aromatic carbocycles. The number of aryl methyl sites for hydroxylation is 1. The van der Waals surface area contributed by atoms with E-state index >= 15 is 0 Å². The van der Waals surface area contributed by atoms with E-state index < -0.39 is 5.91 Å². The van der Waals surface area contributed by atoms with Crippen molar-refractivity contribution in [1.29, 1.82) is 0 Å². The number of benzene rings is 1. The number of carbonyl (C=O) groups excluding carboxylic acids is 1. The molecule has 20 heavy (non-hydrogen) atoms. The summed E-state index contributed by atoms with van der Waals surface area (Å²) < 4.78 is 0. The first-order valence-electron chi connectivity index (χ1n) is 6.24. The fourth-order valence-electron chi connectivity index (χ4n) is 2.24. The van der Waals surface area contributed by atoms with Crippen LogP contribution in [0.25, 0.3) is 22.4 Å². The zero-order valence-electron chi connectivity index (χ0n) is 11.0. The van der Waals surface area contributed by atoms with Crippen LogP contribution in [0.4, 0.5) is 0 Å². The van der Waals surface area contributed by atoms with Crippen molar-refractivity contribution in [3.8, 4) is 22.4 Å². The highest BCUT2D eigenvalue weighted by atomic mass is 16.1. The predicted octanol–water partition coefficient (Wildman–Crippen LogP) is 2.48. The van der Waals surface area contributed by atoms with Crippen molar-refractivity contribution in [1.82, 2.24) is 15.2 Å². The molecule has 0 saturated heterocycles. The third-order valence-electron chi connectivity index (χ3n) is 3.29. The number of amides is 1. The van der Waals surface area contributed by atoms with Crippen molar-refractivity contribution < 1.29 is 4.79 Å². The number of nitrogens with one attached hydrogen (secondary N) is 2. The molecular weight excluding hydrogens is 252 g/mol. The summed E-state index contributed by atoms with van der Waals surface area (Å²) in [6, 6.07) is 9.80. The monoisotopic (exact) mass is 266 g/mol. The van der Waals surface area contributed by atoms with Crippen LogP contribution in [0, 0.1) is 6.92 Å². The molecule has 0 radical (unpaired) electrons. The normalized spacial score (nSPS) is 10.7. The van der Waals surface area contributed by atoms with Crippen LogP contribution in [0.2, 0.25) is 0 Å². The summed E-state index contributed by atoms with van der Waals surface area (Å²) in [5, 5.41) is 6.75. The molecule has 2 heterocycles. The van der Waals surface area contributed by atoms with Crippen molar-refractivity contribution >= 4 is 5.91 Å². The maximum absolute atomic E-state index is 11.3. The number of hydrogen-bond donors (Lipinski definition) is 3. The minimum atomic E-state index is -0.420. The Morgan fingerprint density at radius 1 is 1.20 bits per heavy atom. The lowest BCUT2D eigenvalue weighted by Crippen LogP contribution is -2.10. The molecule has 0 unspecified atom stereocenters. The predicted molar refractivity (Wildman–Crippen MR) is 77.1 cm³/mol. The molecule has 0 aliphatic rings. The smallest absolute Gasteiger partial charge is 0.250 e. The van der Waals surface area contributed by atoms with Gasteiger partial charge in [-0.1, -0.05) is 18.2 Å². The Balaban J connectivity index is 2.05. The number of rotatable bonds is 3. The molecule has 1 amide bonds. The van der Waals surface area contributed by atoms with E-state index in [1.54, 1.807) is 12.3 Å². The van der Waals surface area contributed by atoms with Crippen LogP contribution in [0.1, 0.15) is 16.1 Å². The van der Waals surface area contributed by atoms with Gasteiger partial charge in [-0.05, 0) is 30.2 Å². The van der Waals surface area contributed by atoms with Gasteiger partial charge in [0, 0.05) is 23.1 Å². The quantitative estimate of drug-likeness (QED) is 0.680. The topological polar surface area (TPSA) is 87.6 Å². The van der Waals surface area contributed by atoms with E-state index in [1.165, 1.54) is 0 Å². The molecule has 0 saturated carbocycles. The standard InChI is InChI=1S/C15H14N4O/c1-9-13(15(16)20)6-14(19-9)11-4-2-3-10(5-11)12-7-17-18-8-12/h2-8,19H,1H3,(H2,16,20)(H,17,18). The van der Waals surface area contributed by atoms with Crippen LogP contribution in [0.3, 0.4) is 0 Å². The van der Waals surface area contributed by atoms with Crippen LogP contribution in [-0.2, 0) is 0 Å². The number of carbonyl (C=O) groups is 1. The molecule has 5 heteroatoms. The van der Waals surface area contributed by atoms with Crippen molar-refractivity contribution in [3.05, 3.63) is 54.0 Å². The van der Waals surface area contributed by atoms with Gasteiger partial charge in [0.1, 0.15) is 0 Å². The van der Waals surface area contributed by atoms with Crippen LogP contribution in [0.5, 0.6) is 0 Å². The van der Waals surface area contributed by atoms with Gasteiger partial charge in [-0.3, -0.25) is 9.89 Å². The van der Waals surface area contributed by atoms with E-state index in [4.69, 9.17) is 5.73 Å². The average molecular weight is 266 g/mol. The summed E-state index contributed by atoms with van der Waals surface area (Å²) in [5.74, 6) is -0.420. The van der Waals surface area contributed by atoms with Gasteiger partial charge in [-0.15, -0.1) is 0 Å². The van der Waals surface area contributed by atoms with Crippen molar-refractivity contribution in [3.63, 3.8) is 0 Å². The molecule has 0 aliphatic carbocycles. The highest BCUT2D eigenvalue weighted by molar-refractivity contribution is 5.95. The second-order valence-electron chi connectivity index (χ2n) is 4.65. The second-order valence-corrected chi connectivity index (χ2v) is 4.65. The zero-order chi connectivity index (χ0) is 14.1. The minimum absolute atomic E-state index is 0.420. The van der Waals surface area contributed by atoms with Gasteiger partial charge in [-0.25, -0.2) is 0 Å². The molecule has 2 aromatic heterocycles. The lowest BCUT2D eigenvalue weighted by molar-refractivity contribution is 0.1000. The first kappa shape index (κ1) is 12.2. The molecule has 4 N–H and O–H groups in total. The number of aromatic nitrogens is 3. The SMILES string of the molecule is Cc1[nH]c(-c2cccc(-c3cn[nH]c3)c2)cc1C(N)=O. The number of nitrogens with zero attached hydrogens (tertiary/aromatic N) is 1. The molecule has 0 spiro atoms. The Morgan fingerprint density at radius 3 is 2.65 bits per heavy atom. The summed E-state index contributed by atoms with van der Waals surface area (Å²) in [5.41, 5.74) is 10.6. The van der Waals surface area contributed by atoms with Crippen molar-refractivity contribution in [2.24, 2.45) is 5.73 Å². The molecular formula is C15H14N4O. The Hall–Kier alpha value is -2.82. The Labute approximate surface area is 115 Å². The molecule has 0 atom stereocenters. The summed E-state index contributed by atoms with van der Waals surface area (Å²) in [7, 11) is 0. The number of nitrogens with two attached hydrogens (primary N) is 1. The van der Waals surface area contributed by atoms with Gasteiger partial charge in [-0.2, -0.15) is 5.10 Å². The first-order chi connectivity index (χ1) is 9.65. The molecule has 3 rings (SSSR count). The molecule has 0 fully saturated rings. The summed E-state index contributed by atoms with van der Waals surface area (Å²) in [4.78, 5) is 14.5. The minimum Gasteiger partial charge on any atom is -0.366 e. The van der Waals surface area contributed by atoms with Gasteiger partial charge in [0.05, 0.1) is 11.8 Å². The molecule has 3 aromatic rings. The van der Waals surface area contributed by atoms with E-state index in [0.717, 1.165) is 28.1 Å². The van der Waals surface area contributed by atoms with Crippen LogP contribution in [-0.4, -0.2) is 21.1 Å². The fourth-order valence-corrected chi connectivity index (χ4v) is 2.24. The third-order valence-corrected chi connectivity index (χ3v) is 3.29. The van der Waals surface area contributed by atoms with Crippen LogP contribution >= 0.6 is 0 Å². The highest BCUT2D eigenvalue weighted by Crippen LogP contribution is 2.26. The van der Waals surface area contributed by atoms with Crippen molar-refractivity contribution in [2.45, 2.75) is 6.92 Å². The van der Waals surface area contributed by atoms with Gasteiger partial charge < -0.3 is 10.7 Å². The van der Waals surface area contributed by atoms with E-state index in [1.807, 2.05) is 37.4 Å². The van der Waals surface area contributed by atoms with E-state index in [-0.39, 0.29) is 0 Å². The maximum Gasteiger partial charge on any atom is 0.250 e. The van der Waals surface area contributed by atoms with Gasteiger partial charge >= 0.3 is 0 Å². The Kier molecular flexibility index (Phi) is 2.87. The Morgan fingerprint density at radius 2 is 2.00 bits per heavy atom. The second kappa shape index (κ2) is 4.70. The lowest BCUT2D eigenvalue weighted by Gasteiger charge is -2.01. The van der Waals surface area contributed by atoms with E-state index in [0.29, 0.717) is 5.56 Å². The van der Waals surface area contributed by atoms with Crippen LogP contribution < -0.4 is 5.73 Å². The van der Waals surface area contributed by atoms with Crippen molar-refractivity contribution in [2.75, 3.05) is 0 Å². The molecule has 0 bridgehead atoms. The summed E-state index contributed by atoms with van der Waals surface area (Å²) >= 11 is 0. The van der Waals surface area contributed by atoms with E-state index in [9.17, 15) is 4.79 Å². The number of primary amides is 1. The van der Waals surface area contributed by atoms with Gasteiger partial charge in [0.2, 0.25) is 0 Å². The number of H-pyrrole nitrogens is 2. The highest BCUT2D eigenvalue weighted by Gasteiger charge is 2.11. The summed E-state index contributed by atoms with van der Waals surface area (Å²) in [6.45, 7) is 1.84. The van der Waals surface area contributed by atoms with Gasteiger partial charge in [0.25, 0.3) is 5.91 Å². The van der Waals surface area contributed by atoms with Gasteiger partial charge in [0.15, 0.2) is 0 Å². The number of hydrogen-bond acceptors (Lipinski definition) is 2. The lowest BCUT2D eigenvalue weighted by atomic mass is 10.0. The molecule has 0 aliphatic heterocycles. The number of aromatic amines is 2. The third kappa shape index (κ3) is 2.09. The zero-order valence-corrected chi connectivity index (χ0v) is 11.0. The maximum atomic E-state index is 11.3. The largest absolute Gasteiger partial charge is 0.366 e. The Bertz CT molecular complexity index is 756. The average Bonchev–Trinajstić information content (AvgIpc) is 3.08.